The van der Waals surface area contributed by atoms with Gasteiger partial charge in [0.05, 0.1) is 17.3 Å². The molecule has 2 rings (SSSR count). The summed E-state index contributed by atoms with van der Waals surface area (Å²) in [4.78, 5) is 12.6. The fourth-order valence-electron chi connectivity index (χ4n) is 2.34. The zero-order chi connectivity index (χ0) is 14.7. The van der Waals surface area contributed by atoms with Crippen molar-refractivity contribution < 1.29 is 4.79 Å². The van der Waals surface area contributed by atoms with Gasteiger partial charge in [0.1, 0.15) is 5.92 Å². The minimum absolute atomic E-state index is 0.174. The van der Waals surface area contributed by atoms with E-state index in [1.165, 1.54) is 0 Å². The van der Waals surface area contributed by atoms with E-state index in [4.69, 9.17) is 0 Å². The topological polar surface area (TPSA) is 58.7 Å². The minimum atomic E-state index is -0.773. The van der Waals surface area contributed by atoms with Crippen LogP contribution in [0.1, 0.15) is 40.0 Å². The van der Waals surface area contributed by atoms with Crippen LogP contribution >= 0.6 is 0 Å². The first-order chi connectivity index (χ1) is 9.58. The summed E-state index contributed by atoms with van der Waals surface area (Å²) < 4.78 is 1.62. The van der Waals surface area contributed by atoms with Crippen LogP contribution < -0.4 is 0 Å². The lowest BCUT2D eigenvalue weighted by atomic mass is 9.89. The summed E-state index contributed by atoms with van der Waals surface area (Å²) in [5.41, 5.74) is 3.01. The summed E-state index contributed by atoms with van der Waals surface area (Å²) >= 11 is 0. The maximum atomic E-state index is 12.6. The molecule has 0 amide bonds. The second-order valence-electron chi connectivity index (χ2n) is 4.80. The number of benzene rings is 1. The van der Waals surface area contributed by atoms with E-state index in [0.29, 0.717) is 12.0 Å². The number of Topliss-reactive ketones (excluding diaryl/α,β-unsaturated/α-hetero) is 1. The van der Waals surface area contributed by atoms with Crippen molar-refractivity contribution in [2.75, 3.05) is 0 Å². The number of rotatable bonds is 4. The van der Waals surface area contributed by atoms with Crippen molar-refractivity contribution in [2.24, 2.45) is 7.05 Å². The van der Waals surface area contributed by atoms with Crippen LogP contribution in [0.3, 0.4) is 0 Å². The molecule has 20 heavy (non-hydrogen) atoms. The van der Waals surface area contributed by atoms with Crippen LogP contribution in [-0.2, 0) is 13.5 Å². The second-order valence-corrected chi connectivity index (χ2v) is 4.80. The molecule has 0 saturated carbocycles. The van der Waals surface area contributed by atoms with E-state index >= 15 is 0 Å². The maximum Gasteiger partial charge on any atom is 0.187 e. The highest BCUT2D eigenvalue weighted by Crippen LogP contribution is 2.24. The molecule has 0 saturated heterocycles. The lowest BCUT2D eigenvalue weighted by molar-refractivity contribution is 0.0977. The molecule has 1 aromatic carbocycles. The summed E-state index contributed by atoms with van der Waals surface area (Å²) in [5.74, 6) is -0.947. The zero-order valence-electron chi connectivity index (χ0n) is 11.9. The fourth-order valence-corrected chi connectivity index (χ4v) is 2.34. The van der Waals surface area contributed by atoms with E-state index in [2.05, 4.69) is 11.2 Å². The predicted molar refractivity (Wildman–Crippen MR) is 76.4 cm³/mol. The van der Waals surface area contributed by atoms with Crippen molar-refractivity contribution in [3.8, 4) is 6.07 Å². The predicted octanol–water partition coefficient (Wildman–Crippen LogP) is 2.78. The lowest BCUT2D eigenvalue weighted by Crippen LogP contribution is -2.13. The molecule has 1 heterocycles. The summed E-state index contributed by atoms with van der Waals surface area (Å²) in [6.45, 7) is 3.87. The van der Waals surface area contributed by atoms with Gasteiger partial charge in [-0.3, -0.25) is 9.48 Å². The molecule has 1 atom stereocenters. The highest BCUT2D eigenvalue weighted by Gasteiger charge is 2.26. The molecular weight excluding hydrogens is 250 g/mol. The number of nitrogens with zero attached hydrogens (tertiary/aromatic N) is 3. The Hall–Kier alpha value is -2.41. The summed E-state index contributed by atoms with van der Waals surface area (Å²) in [6, 6.07) is 9.63. The Morgan fingerprint density at radius 1 is 1.45 bits per heavy atom. The van der Waals surface area contributed by atoms with Crippen LogP contribution in [0.2, 0.25) is 0 Å². The highest BCUT2D eigenvalue weighted by molar-refractivity contribution is 6.03. The first-order valence-corrected chi connectivity index (χ1v) is 6.60. The Balaban J connectivity index is 2.45. The van der Waals surface area contributed by atoms with Crippen molar-refractivity contribution in [2.45, 2.75) is 26.2 Å². The normalized spacial score (nSPS) is 11.9. The van der Waals surface area contributed by atoms with E-state index in [1.807, 2.05) is 38.1 Å². The summed E-state index contributed by atoms with van der Waals surface area (Å²) in [6.07, 6.45) is 2.37. The standard InChI is InChI=1S/C16H17N3O/c1-4-15-14(10-19(3)18-15)16(20)13(9-17)12-8-6-5-7-11(12)2/h5-8,10,13H,4H2,1-3H3. The number of ketones is 1. The fraction of sp³-hybridized carbons (Fsp3) is 0.312. The number of nitriles is 1. The van der Waals surface area contributed by atoms with Gasteiger partial charge in [0.2, 0.25) is 0 Å². The third kappa shape index (κ3) is 2.48. The number of carbonyl (C=O) groups excluding carboxylic acids is 1. The number of aromatic nitrogens is 2. The molecule has 102 valence electrons. The van der Waals surface area contributed by atoms with Crippen molar-refractivity contribution in [1.29, 1.82) is 5.26 Å². The number of hydrogen-bond acceptors (Lipinski definition) is 3. The Kier molecular flexibility index (Phi) is 3.99. The quantitative estimate of drug-likeness (QED) is 0.800. The van der Waals surface area contributed by atoms with Crippen LogP contribution in [-0.4, -0.2) is 15.6 Å². The molecule has 1 unspecified atom stereocenters. The van der Waals surface area contributed by atoms with Crippen LogP contribution in [0, 0.1) is 18.3 Å². The maximum absolute atomic E-state index is 12.6. The van der Waals surface area contributed by atoms with Crippen LogP contribution in [0.15, 0.2) is 30.5 Å². The van der Waals surface area contributed by atoms with E-state index in [0.717, 1.165) is 16.8 Å². The summed E-state index contributed by atoms with van der Waals surface area (Å²) in [5, 5.41) is 13.7. The largest absolute Gasteiger partial charge is 0.292 e. The number of carbonyl (C=O) groups is 1. The average molecular weight is 267 g/mol. The first-order valence-electron chi connectivity index (χ1n) is 6.60. The van der Waals surface area contributed by atoms with Crippen LogP contribution in [0.5, 0.6) is 0 Å². The van der Waals surface area contributed by atoms with E-state index in [1.54, 1.807) is 17.9 Å². The Labute approximate surface area is 118 Å². The number of aryl methyl sites for hydroxylation is 3. The monoisotopic (exact) mass is 267 g/mol. The van der Waals surface area contributed by atoms with Crippen LogP contribution in [0.25, 0.3) is 0 Å². The van der Waals surface area contributed by atoms with Gasteiger partial charge in [0.15, 0.2) is 5.78 Å². The first kappa shape index (κ1) is 14.0. The number of hydrogen-bond donors (Lipinski definition) is 0. The van der Waals surface area contributed by atoms with E-state index < -0.39 is 5.92 Å². The van der Waals surface area contributed by atoms with Crippen molar-refractivity contribution in [3.63, 3.8) is 0 Å². The van der Waals surface area contributed by atoms with Gasteiger partial charge < -0.3 is 0 Å². The van der Waals surface area contributed by atoms with Gasteiger partial charge in [-0.25, -0.2) is 0 Å². The molecule has 1 aromatic heterocycles. The molecule has 0 radical (unpaired) electrons. The molecule has 0 spiro atoms. The molecule has 0 aliphatic heterocycles. The van der Waals surface area contributed by atoms with E-state index in [-0.39, 0.29) is 5.78 Å². The van der Waals surface area contributed by atoms with E-state index in [9.17, 15) is 10.1 Å². The van der Waals surface area contributed by atoms with Crippen LogP contribution in [0.4, 0.5) is 0 Å². The molecule has 4 heteroatoms. The molecule has 0 N–H and O–H groups in total. The van der Waals surface area contributed by atoms with Gasteiger partial charge in [-0.15, -0.1) is 0 Å². The Morgan fingerprint density at radius 3 is 2.75 bits per heavy atom. The molecule has 2 aromatic rings. The van der Waals surface area contributed by atoms with Crippen molar-refractivity contribution >= 4 is 5.78 Å². The van der Waals surface area contributed by atoms with Gasteiger partial charge >= 0.3 is 0 Å². The molecule has 0 bridgehead atoms. The molecular formula is C16H17N3O. The second kappa shape index (κ2) is 5.70. The Bertz CT molecular complexity index is 679. The van der Waals surface area contributed by atoms with Gasteiger partial charge in [-0.05, 0) is 24.5 Å². The van der Waals surface area contributed by atoms with Gasteiger partial charge in [0, 0.05) is 13.2 Å². The Morgan fingerprint density at radius 2 is 2.15 bits per heavy atom. The third-order valence-electron chi connectivity index (χ3n) is 3.40. The molecule has 0 fully saturated rings. The van der Waals surface area contributed by atoms with Gasteiger partial charge in [-0.2, -0.15) is 10.4 Å². The minimum Gasteiger partial charge on any atom is -0.292 e. The lowest BCUT2D eigenvalue weighted by Gasteiger charge is -2.11. The molecule has 0 aliphatic carbocycles. The zero-order valence-corrected chi connectivity index (χ0v) is 11.9. The average Bonchev–Trinajstić information content (AvgIpc) is 2.82. The highest BCUT2D eigenvalue weighted by atomic mass is 16.1. The molecule has 0 aliphatic rings. The summed E-state index contributed by atoms with van der Waals surface area (Å²) in [7, 11) is 1.78. The third-order valence-corrected chi connectivity index (χ3v) is 3.40. The smallest absolute Gasteiger partial charge is 0.187 e. The van der Waals surface area contributed by atoms with Gasteiger partial charge in [0.25, 0.3) is 0 Å². The van der Waals surface area contributed by atoms with Crippen molar-refractivity contribution in [1.82, 2.24) is 9.78 Å². The SMILES string of the molecule is CCc1nn(C)cc1C(=O)C(C#N)c1ccccc1C. The van der Waals surface area contributed by atoms with Crippen molar-refractivity contribution in [3.05, 3.63) is 52.8 Å². The van der Waals surface area contributed by atoms with Gasteiger partial charge in [-0.1, -0.05) is 31.2 Å². The molecule has 4 nitrogen and oxygen atoms in total.